The van der Waals surface area contributed by atoms with Crippen LogP contribution in [0, 0.1) is 0 Å². The first-order valence-electron chi connectivity index (χ1n) is 6.91. The number of carbonyl (C=O) groups is 2. The van der Waals surface area contributed by atoms with Gasteiger partial charge in [0, 0.05) is 29.0 Å². The minimum absolute atomic E-state index is 0.146. The number of hydrogen-bond acceptors (Lipinski definition) is 6. The first kappa shape index (κ1) is 15.6. The Hall–Kier alpha value is -3.26. The van der Waals surface area contributed by atoms with Gasteiger partial charge in [-0.1, -0.05) is 0 Å². The molecule has 24 heavy (non-hydrogen) atoms. The van der Waals surface area contributed by atoms with E-state index in [9.17, 15) is 9.59 Å². The third kappa shape index (κ3) is 3.23. The number of amides is 2. The van der Waals surface area contributed by atoms with Crippen LogP contribution in [0.15, 0.2) is 48.1 Å². The van der Waals surface area contributed by atoms with Gasteiger partial charge in [0.05, 0.1) is 11.3 Å². The van der Waals surface area contributed by atoms with Crippen LogP contribution in [0.4, 0.5) is 11.4 Å². The predicted octanol–water partition coefficient (Wildman–Crippen LogP) is 2.14. The Bertz CT molecular complexity index is 908. The molecule has 1 aromatic carbocycles. The Morgan fingerprint density at radius 1 is 1.12 bits per heavy atom. The second kappa shape index (κ2) is 6.47. The number of rotatable bonds is 4. The number of nitrogens with one attached hydrogen (secondary N) is 1. The van der Waals surface area contributed by atoms with E-state index < -0.39 is 11.8 Å². The molecule has 0 radical (unpaired) electrons. The smallest absolute Gasteiger partial charge is 0.275 e. The molecule has 3 rings (SSSR count). The molecule has 7 nitrogen and oxygen atoms in total. The fourth-order valence-corrected chi connectivity index (χ4v) is 2.87. The van der Waals surface area contributed by atoms with E-state index in [2.05, 4.69) is 15.3 Å². The summed E-state index contributed by atoms with van der Waals surface area (Å²) in [7, 11) is 0. The van der Waals surface area contributed by atoms with Crippen molar-refractivity contribution >= 4 is 34.5 Å². The zero-order valence-electron chi connectivity index (χ0n) is 12.4. The number of nitrogens with zero attached hydrogens (tertiary/aromatic N) is 2. The van der Waals surface area contributed by atoms with E-state index in [-0.39, 0.29) is 11.3 Å². The molecule has 0 aliphatic rings. The summed E-state index contributed by atoms with van der Waals surface area (Å²) in [6.45, 7) is 0. The average molecular weight is 339 g/mol. The number of primary amides is 1. The topological polar surface area (TPSA) is 124 Å². The van der Waals surface area contributed by atoms with Crippen LogP contribution in [0.25, 0.3) is 10.6 Å². The van der Waals surface area contributed by atoms with Gasteiger partial charge in [0.1, 0.15) is 10.7 Å². The molecule has 2 heterocycles. The maximum absolute atomic E-state index is 12.4. The van der Waals surface area contributed by atoms with Crippen molar-refractivity contribution in [1.82, 2.24) is 9.97 Å². The quantitative estimate of drug-likeness (QED) is 0.628. The van der Waals surface area contributed by atoms with E-state index in [0.29, 0.717) is 16.4 Å². The molecule has 0 bridgehead atoms. The highest BCUT2D eigenvalue weighted by molar-refractivity contribution is 7.13. The standard InChI is InChI=1S/C16H13N5O2S/c17-10-1-2-12(11(7-10)14(18)22)20-15(23)13-8-24-16(21-13)9-3-5-19-6-4-9/h1-8H,17H2,(H2,18,22)(H,20,23). The molecule has 0 atom stereocenters. The highest BCUT2D eigenvalue weighted by atomic mass is 32.1. The SMILES string of the molecule is NC(=O)c1cc(N)ccc1NC(=O)c1csc(-c2ccncc2)n1. The lowest BCUT2D eigenvalue weighted by Gasteiger charge is -2.08. The van der Waals surface area contributed by atoms with Gasteiger partial charge >= 0.3 is 0 Å². The summed E-state index contributed by atoms with van der Waals surface area (Å²) in [6.07, 6.45) is 3.31. The maximum atomic E-state index is 12.4. The van der Waals surface area contributed by atoms with Crippen LogP contribution in [0.1, 0.15) is 20.8 Å². The molecule has 0 fully saturated rings. The zero-order valence-corrected chi connectivity index (χ0v) is 13.2. The van der Waals surface area contributed by atoms with Gasteiger partial charge in [-0.05, 0) is 30.3 Å². The summed E-state index contributed by atoms with van der Waals surface area (Å²) in [5, 5.41) is 4.99. The molecular formula is C16H13N5O2S. The number of hydrogen-bond donors (Lipinski definition) is 3. The second-order valence-electron chi connectivity index (χ2n) is 4.90. The van der Waals surface area contributed by atoms with Gasteiger partial charge in [-0.3, -0.25) is 14.6 Å². The first-order chi connectivity index (χ1) is 11.5. The molecule has 0 spiro atoms. The van der Waals surface area contributed by atoms with Crippen LogP contribution in [-0.4, -0.2) is 21.8 Å². The Kier molecular flexibility index (Phi) is 4.21. The average Bonchev–Trinajstić information content (AvgIpc) is 3.07. The normalized spacial score (nSPS) is 10.3. The summed E-state index contributed by atoms with van der Waals surface area (Å²) >= 11 is 1.34. The Morgan fingerprint density at radius 2 is 1.88 bits per heavy atom. The fraction of sp³-hybridized carbons (Fsp3) is 0. The first-order valence-corrected chi connectivity index (χ1v) is 7.79. The lowest BCUT2D eigenvalue weighted by molar-refractivity contribution is 0.100. The fourth-order valence-electron chi connectivity index (χ4n) is 2.07. The minimum atomic E-state index is -0.673. The zero-order chi connectivity index (χ0) is 17.1. The lowest BCUT2D eigenvalue weighted by Crippen LogP contribution is -2.18. The maximum Gasteiger partial charge on any atom is 0.275 e. The van der Waals surface area contributed by atoms with Crippen LogP contribution in [0.2, 0.25) is 0 Å². The second-order valence-corrected chi connectivity index (χ2v) is 5.76. The Morgan fingerprint density at radius 3 is 2.58 bits per heavy atom. The molecule has 5 N–H and O–H groups in total. The van der Waals surface area contributed by atoms with E-state index >= 15 is 0 Å². The van der Waals surface area contributed by atoms with Gasteiger partial charge in [-0.25, -0.2) is 4.98 Å². The molecule has 2 aromatic heterocycles. The number of carbonyl (C=O) groups excluding carboxylic acids is 2. The monoisotopic (exact) mass is 339 g/mol. The van der Waals surface area contributed by atoms with Gasteiger partial charge < -0.3 is 16.8 Å². The van der Waals surface area contributed by atoms with E-state index in [0.717, 1.165) is 5.56 Å². The number of nitrogen functional groups attached to an aromatic ring is 1. The third-order valence-corrected chi connectivity index (χ3v) is 4.11. The van der Waals surface area contributed by atoms with Crippen molar-refractivity contribution in [3.05, 3.63) is 59.4 Å². The molecule has 0 unspecified atom stereocenters. The van der Waals surface area contributed by atoms with Gasteiger partial charge in [0.2, 0.25) is 0 Å². The van der Waals surface area contributed by atoms with Crippen molar-refractivity contribution in [3.63, 3.8) is 0 Å². The van der Waals surface area contributed by atoms with Crippen molar-refractivity contribution in [2.24, 2.45) is 5.73 Å². The molecule has 0 aliphatic heterocycles. The number of benzene rings is 1. The Balaban J connectivity index is 1.84. The van der Waals surface area contributed by atoms with Crippen molar-refractivity contribution in [2.75, 3.05) is 11.1 Å². The molecule has 8 heteroatoms. The predicted molar refractivity (Wildman–Crippen MR) is 92.7 cm³/mol. The van der Waals surface area contributed by atoms with E-state index in [4.69, 9.17) is 11.5 Å². The summed E-state index contributed by atoms with van der Waals surface area (Å²) < 4.78 is 0. The summed E-state index contributed by atoms with van der Waals surface area (Å²) in [6, 6.07) is 8.15. The third-order valence-electron chi connectivity index (χ3n) is 3.22. The number of nitrogens with two attached hydrogens (primary N) is 2. The number of pyridine rings is 1. The molecule has 0 saturated carbocycles. The number of aromatic nitrogens is 2. The van der Waals surface area contributed by atoms with Crippen LogP contribution >= 0.6 is 11.3 Å². The van der Waals surface area contributed by atoms with Crippen molar-refractivity contribution in [3.8, 4) is 10.6 Å². The number of anilines is 2. The molecule has 3 aromatic rings. The van der Waals surface area contributed by atoms with Gasteiger partial charge in [0.25, 0.3) is 11.8 Å². The largest absolute Gasteiger partial charge is 0.399 e. The summed E-state index contributed by atoms with van der Waals surface area (Å²) in [5.74, 6) is -1.10. The molecule has 2 amide bonds. The van der Waals surface area contributed by atoms with Crippen LogP contribution in [-0.2, 0) is 0 Å². The minimum Gasteiger partial charge on any atom is -0.399 e. The summed E-state index contributed by atoms with van der Waals surface area (Å²) in [5.41, 5.74) is 12.9. The molecule has 120 valence electrons. The van der Waals surface area contributed by atoms with Crippen LogP contribution < -0.4 is 16.8 Å². The highest BCUT2D eigenvalue weighted by Crippen LogP contribution is 2.24. The van der Waals surface area contributed by atoms with Gasteiger partial charge in [-0.2, -0.15) is 0 Å². The van der Waals surface area contributed by atoms with Crippen molar-refractivity contribution < 1.29 is 9.59 Å². The van der Waals surface area contributed by atoms with E-state index in [1.54, 1.807) is 23.8 Å². The van der Waals surface area contributed by atoms with Gasteiger partial charge in [0.15, 0.2) is 0 Å². The highest BCUT2D eigenvalue weighted by Gasteiger charge is 2.15. The molecule has 0 aliphatic carbocycles. The lowest BCUT2D eigenvalue weighted by atomic mass is 10.1. The van der Waals surface area contributed by atoms with Gasteiger partial charge in [-0.15, -0.1) is 11.3 Å². The van der Waals surface area contributed by atoms with Crippen molar-refractivity contribution in [2.45, 2.75) is 0 Å². The Labute approximate surface area is 141 Å². The summed E-state index contributed by atoms with van der Waals surface area (Å²) in [4.78, 5) is 32.1. The molecule has 0 saturated heterocycles. The van der Waals surface area contributed by atoms with Crippen LogP contribution in [0.3, 0.4) is 0 Å². The van der Waals surface area contributed by atoms with Crippen molar-refractivity contribution in [1.29, 1.82) is 0 Å². The molecular weight excluding hydrogens is 326 g/mol. The van der Waals surface area contributed by atoms with E-state index in [1.807, 2.05) is 12.1 Å². The number of thiazole rings is 1. The van der Waals surface area contributed by atoms with E-state index in [1.165, 1.54) is 23.5 Å². The van der Waals surface area contributed by atoms with Crippen LogP contribution in [0.5, 0.6) is 0 Å².